The van der Waals surface area contributed by atoms with Gasteiger partial charge in [0.1, 0.15) is 18.7 Å². The molecule has 0 unspecified atom stereocenters. The predicted molar refractivity (Wildman–Crippen MR) is 96.4 cm³/mol. The third kappa shape index (κ3) is 6.50. The lowest BCUT2D eigenvalue weighted by Crippen LogP contribution is -2.52. The first-order chi connectivity index (χ1) is 13.0. The van der Waals surface area contributed by atoms with E-state index in [1.165, 1.54) is 13.4 Å². The number of methoxy groups -OCH3 is 1. The topological polar surface area (TPSA) is 114 Å². The van der Waals surface area contributed by atoms with Gasteiger partial charge in [-0.25, -0.2) is 4.79 Å². The van der Waals surface area contributed by atoms with Crippen LogP contribution in [0.4, 0.5) is 0 Å². The quantitative estimate of drug-likeness (QED) is 0.547. The molecule has 1 aromatic carbocycles. The Morgan fingerprint density at radius 2 is 1.96 bits per heavy atom. The average molecular weight is 374 g/mol. The first kappa shape index (κ1) is 20.0. The van der Waals surface area contributed by atoms with Crippen molar-refractivity contribution in [1.82, 2.24) is 10.6 Å². The highest BCUT2D eigenvalue weighted by molar-refractivity contribution is 5.90. The number of hydrogen-bond donors (Lipinski definition) is 3. The lowest BCUT2D eigenvalue weighted by atomic mass is 10.0. The zero-order valence-electron chi connectivity index (χ0n) is 14.9. The van der Waals surface area contributed by atoms with Gasteiger partial charge in [0.25, 0.3) is 0 Å². The molecule has 8 heteroatoms. The molecule has 0 saturated heterocycles. The molecule has 0 fully saturated rings. The number of aliphatic carboxylic acids is 1. The summed E-state index contributed by atoms with van der Waals surface area (Å²) in [5.74, 6) is -2.36. The van der Waals surface area contributed by atoms with Crippen LogP contribution in [0.1, 0.15) is 12.0 Å². The van der Waals surface area contributed by atoms with Crippen LogP contribution in [0.5, 0.6) is 0 Å². The molecule has 0 spiro atoms. The standard InChI is InChI=1S/C19H22N2O6/c1-26-19(25)16(10-13-6-3-2-4-7-13)21-18(24)15(11-17(22)23)20-14-8-5-9-27-12-14/h2-9,15-16,20H,10-12H2,1H3,(H,21,24)(H,22,23)/t15-,16-/m0/s1. The summed E-state index contributed by atoms with van der Waals surface area (Å²) in [6, 6.07) is 7.15. The molecule has 0 saturated carbocycles. The first-order valence-corrected chi connectivity index (χ1v) is 8.37. The number of benzene rings is 1. The minimum Gasteiger partial charge on any atom is -0.495 e. The molecule has 0 aromatic heterocycles. The van der Waals surface area contributed by atoms with Gasteiger partial charge in [-0.15, -0.1) is 0 Å². The molecule has 0 radical (unpaired) electrons. The Kier molecular flexibility index (Phi) is 7.42. The molecule has 2 rings (SSSR count). The summed E-state index contributed by atoms with van der Waals surface area (Å²) in [5.41, 5.74) is 1.40. The minimum atomic E-state index is -1.15. The van der Waals surface area contributed by atoms with Gasteiger partial charge >= 0.3 is 11.9 Å². The number of amides is 1. The van der Waals surface area contributed by atoms with Crippen LogP contribution in [-0.4, -0.2) is 48.8 Å². The fourth-order valence-corrected chi connectivity index (χ4v) is 2.55. The van der Waals surface area contributed by atoms with Crippen LogP contribution in [0.2, 0.25) is 0 Å². The maximum absolute atomic E-state index is 12.6. The van der Waals surface area contributed by atoms with Crippen LogP contribution >= 0.6 is 0 Å². The predicted octanol–water partition coefficient (Wildman–Crippen LogP) is 0.748. The Labute approximate surface area is 156 Å². The largest absolute Gasteiger partial charge is 0.495 e. The molecule has 2 atom stereocenters. The van der Waals surface area contributed by atoms with E-state index in [0.717, 1.165) is 5.56 Å². The van der Waals surface area contributed by atoms with E-state index in [2.05, 4.69) is 10.6 Å². The molecule has 0 bridgehead atoms. The van der Waals surface area contributed by atoms with Crippen molar-refractivity contribution < 1.29 is 29.0 Å². The van der Waals surface area contributed by atoms with Crippen molar-refractivity contribution in [2.24, 2.45) is 0 Å². The summed E-state index contributed by atoms with van der Waals surface area (Å²) in [6.07, 6.45) is 4.59. The summed E-state index contributed by atoms with van der Waals surface area (Å²) in [6.45, 7) is 0.199. The van der Waals surface area contributed by atoms with Crippen molar-refractivity contribution in [2.45, 2.75) is 24.9 Å². The van der Waals surface area contributed by atoms with E-state index in [9.17, 15) is 14.4 Å². The van der Waals surface area contributed by atoms with Gasteiger partial charge in [-0.3, -0.25) is 9.59 Å². The van der Waals surface area contributed by atoms with Gasteiger partial charge in [-0.05, 0) is 17.7 Å². The second kappa shape index (κ2) is 10.0. The number of rotatable bonds is 9. The second-order valence-electron chi connectivity index (χ2n) is 5.90. The lowest BCUT2D eigenvalue weighted by molar-refractivity contribution is -0.145. The SMILES string of the molecule is COC(=O)[C@H](Cc1ccccc1)NC(=O)[C@H](CC(=O)O)NC1=CC=COC1. The van der Waals surface area contributed by atoms with E-state index in [-0.39, 0.29) is 13.0 Å². The number of esters is 1. The fraction of sp³-hybridized carbons (Fsp3) is 0.316. The maximum Gasteiger partial charge on any atom is 0.328 e. The van der Waals surface area contributed by atoms with Crippen LogP contribution < -0.4 is 10.6 Å². The number of carboxylic acid groups (broad SMARTS) is 1. The first-order valence-electron chi connectivity index (χ1n) is 8.37. The van der Waals surface area contributed by atoms with Crippen molar-refractivity contribution in [2.75, 3.05) is 13.7 Å². The molecule has 3 N–H and O–H groups in total. The van der Waals surface area contributed by atoms with E-state index in [1.807, 2.05) is 30.3 Å². The number of carboxylic acids is 1. The van der Waals surface area contributed by atoms with E-state index in [1.54, 1.807) is 12.2 Å². The van der Waals surface area contributed by atoms with Gasteiger partial charge < -0.3 is 25.2 Å². The Balaban J connectivity index is 2.10. The molecule has 144 valence electrons. The van der Waals surface area contributed by atoms with Gasteiger partial charge in [0.15, 0.2) is 0 Å². The number of hydrogen-bond acceptors (Lipinski definition) is 6. The van der Waals surface area contributed by atoms with Crippen LogP contribution in [0.3, 0.4) is 0 Å². The normalized spacial score (nSPS) is 14.9. The van der Waals surface area contributed by atoms with Crippen molar-refractivity contribution in [3.8, 4) is 0 Å². The third-order valence-corrected chi connectivity index (χ3v) is 3.85. The molecule has 0 aliphatic carbocycles. The lowest BCUT2D eigenvalue weighted by Gasteiger charge is -2.23. The van der Waals surface area contributed by atoms with Gasteiger partial charge in [0.05, 0.1) is 19.8 Å². The highest BCUT2D eigenvalue weighted by Gasteiger charge is 2.28. The number of ether oxygens (including phenoxy) is 2. The minimum absolute atomic E-state index is 0.199. The van der Waals surface area contributed by atoms with E-state index in [0.29, 0.717) is 5.70 Å². The zero-order chi connectivity index (χ0) is 19.6. The number of carbonyl (C=O) groups is 3. The van der Waals surface area contributed by atoms with Crippen LogP contribution in [0, 0.1) is 0 Å². The van der Waals surface area contributed by atoms with Crippen molar-refractivity contribution in [3.05, 3.63) is 60.0 Å². The average Bonchev–Trinajstić information content (AvgIpc) is 2.67. The molecular weight excluding hydrogens is 352 g/mol. The van der Waals surface area contributed by atoms with E-state index >= 15 is 0 Å². The third-order valence-electron chi connectivity index (χ3n) is 3.85. The van der Waals surface area contributed by atoms with E-state index < -0.39 is 36.4 Å². The summed E-state index contributed by atoms with van der Waals surface area (Å²) < 4.78 is 9.88. The molecule has 8 nitrogen and oxygen atoms in total. The van der Waals surface area contributed by atoms with E-state index in [4.69, 9.17) is 14.6 Å². The summed E-state index contributed by atoms with van der Waals surface area (Å²) in [7, 11) is 1.23. The Morgan fingerprint density at radius 3 is 2.56 bits per heavy atom. The zero-order valence-corrected chi connectivity index (χ0v) is 14.9. The van der Waals surface area contributed by atoms with Crippen LogP contribution in [0.15, 0.2) is 54.4 Å². The Hall–Kier alpha value is -3.29. The highest BCUT2D eigenvalue weighted by Crippen LogP contribution is 2.07. The van der Waals surface area contributed by atoms with Crippen LogP contribution in [-0.2, 0) is 30.3 Å². The number of allylic oxidation sites excluding steroid dienone is 2. The van der Waals surface area contributed by atoms with Crippen molar-refractivity contribution >= 4 is 17.8 Å². The Morgan fingerprint density at radius 1 is 1.22 bits per heavy atom. The highest BCUT2D eigenvalue weighted by atomic mass is 16.5. The molecule has 1 aliphatic heterocycles. The van der Waals surface area contributed by atoms with Gasteiger partial charge in [0.2, 0.25) is 5.91 Å². The maximum atomic E-state index is 12.6. The molecule has 1 heterocycles. The molecule has 27 heavy (non-hydrogen) atoms. The molecule has 1 amide bonds. The number of nitrogens with one attached hydrogen (secondary N) is 2. The van der Waals surface area contributed by atoms with Gasteiger partial charge in [-0.2, -0.15) is 0 Å². The van der Waals surface area contributed by atoms with Crippen molar-refractivity contribution in [3.63, 3.8) is 0 Å². The molecular formula is C19H22N2O6. The monoisotopic (exact) mass is 374 g/mol. The fourth-order valence-electron chi connectivity index (χ4n) is 2.55. The molecule has 1 aliphatic rings. The summed E-state index contributed by atoms with van der Waals surface area (Å²) in [5, 5.41) is 14.5. The number of carbonyl (C=O) groups excluding carboxylic acids is 2. The van der Waals surface area contributed by atoms with Crippen molar-refractivity contribution in [1.29, 1.82) is 0 Å². The Bertz CT molecular complexity index is 729. The molecule has 1 aromatic rings. The summed E-state index contributed by atoms with van der Waals surface area (Å²) >= 11 is 0. The van der Waals surface area contributed by atoms with Gasteiger partial charge in [-0.1, -0.05) is 30.3 Å². The van der Waals surface area contributed by atoms with Gasteiger partial charge in [0, 0.05) is 12.1 Å². The summed E-state index contributed by atoms with van der Waals surface area (Å²) in [4.78, 5) is 35.9. The van der Waals surface area contributed by atoms with Crippen LogP contribution in [0.25, 0.3) is 0 Å². The smallest absolute Gasteiger partial charge is 0.328 e. The second-order valence-corrected chi connectivity index (χ2v) is 5.90.